The summed E-state index contributed by atoms with van der Waals surface area (Å²) in [5, 5.41) is 3.53. The maximum absolute atomic E-state index is 13.2. The minimum atomic E-state index is -4.18. The van der Waals surface area contributed by atoms with Crippen LogP contribution in [0.5, 0.6) is 5.75 Å². The van der Waals surface area contributed by atoms with Crippen LogP contribution >= 0.6 is 11.6 Å². The third-order valence-electron chi connectivity index (χ3n) is 3.91. The molecule has 11 heteroatoms. The van der Waals surface area contributed by atoms with Crippen LogP contribution in [0.3, 0.4) is 0 Å². The fourth-order valence-corrected chi connectivity index (χ4v) is 4.07. The number of nitrogens with one attached hydrogen (secondary N) is 1. The number of nitrogens with zero attached hydrogens (tertiary/aromatic N) is 1. The van der Waals surface area contributed by atoms with Crippen LogP contribution in [-0.4, -0.2) is 33.3 Å². The third kappa shape index (κ3) is 4.55. The predicted octanol–water partition coefficient (Wildman–Crippen LogP) is 4.12. The third-order valence-corrected chi connectivity index (χ3v) is 5.61. The first kappa shape index (κ1) is 21.6. The Morgan fingerprint density at radius 2 is 2.00 bits per heavy atom. The predicted molar refractivity (Wildman–Crippen MR) is 107 cm³/mol. The van der Waals surface area contributed by atoms with E-state index in [1.165, 1.54) is 37.4 Å². The molecule has 0 amide bonds. The van der Waals surface area contributed by atoms with Gasteiger partial charge in [-0.1, -0.05) is 16.8 Å². The molecule has 3 rings (SSSR count). The van der Waals surface area contributed by atoms with Crippen LogP contribution in [0.4, 0.5) is 10.1 Å². The van der Waals surface area contributed by atoms with Gasteiger partial charge in [-0.05, 0) is 43.3 Å². The summed E-state index contributed by atoms with van der Waals surface area (Å²) in [7, 11) is -2.86. The summed E-state index contributed by atoms with van der Waals surface area (Å²) in [5.74, 6) is -1.07. The van der Waals surface area contributed by atoms with Gasteiger partial charge in [0.15, 0.2) is 11.5 Å². The lowest BCUT2D eigenvalue weighted by atomic mass is 10.1. The molecule has 0 bridgehead atoms. The number of aromatic nitrogens is 1. The topological polar surface area (TPSA) is 108 Å². The number of carbonyl (C=O) groups excluding carboxylic acids is 1. The normalized spacial score (nSPS) is 11.2. The Balaban J connectivity index is 1.99. The lowest BCUT2D eigenvalue weighted by molar-refractivity contribution is 0.0514. The van der Waals surface area contributed by atoms with Crippen molar-refractivity contribution in [3.63, 3.8) is 0 Å². The average molecular weight is 455 g/mol. The number of benzene rings is 2. The Hall–Kier alpha value is -3.11. The van der Waals surface area contributed by atoms with Crippen molar-refractivity contribution in [3.8, 4) is 17.1 Å². The molecule has 1 aromatic heterocycles. The van der Waals surface area contributed by atoms with E-state index in [2.05, 4.69) is 9.88 Å². The van der Waals surface area contributed by atoms with Gasteiger partial charge in [-0.3, -0.25) is 4.72 Å². The average Bonchev–Trinajstić information content (AvgIpc) is 3.20. The summed E-state index contributed by atoms with van der Waals surface area (Å²) < 4.78 is 56.6. The van der Waals surface area contributed by atoms with Crippen LogP contribution in [0.25, 0.3) is 11.3 Å². The SMILES string of the molecule is CCOC(=O)c1cc(-c2ccc(OC)c(S(=O)(=O)Nc3ccc(F)cc3Cl)c2)on1. The van der Waals surface area contributed by atoms with Crippen LogP contribution in [0, 0.1) is 5.82 Å². The van der Waals surface area contributed by atoms with Gasteiger partial charge in [-0.15, -0.1) is 0 Å². The van der Waals surface area contributed by atoms with Gasteiger partial charge in [0.1, 0.15) is 16.5 Å². The van der Waals surface area contributed by atoms with Crippen molar-refractivity contribution in [2.45, 2.75) is 11.8 Å². The first-order chi connectivity index (χ1) is 14.2. The molecular weight excluding hydrogens is 439 g/mol. The molecule has 2 aromatic carbocycles. The second kappa shape index (κ2) is 8.72. The highest BCUT2D eigenvalue weighted by Crippen LogP contribution is 2.33. The van der Waals surface area contributed by atoms with Crippen LogP contribution in [-0.2, 0) is 14.8 Å². The molecule has 0 radical (unpaired) electrons. The summed E-state index contributed by atoms with van der Waals surface area (Å²) in [6, 6.07) is 8.84. The Kier molecular flexibility index (Phi) is 6.28. The molecule has 0 atom stereocenters. The summed E-state index contributed by atoms with van der Waals surface area (Å²) >= 11 is 5.92. The summed E-state index contributed by atoms with van der Waals surface area (Å²) in [4.78, 5) is 11.5. The lowest BCUT2D eigenvalue weighted by Crippen LogP contribution is -2.14. The van der Waals surface area contributed by atoms with Gasteiger partial charge in [0, 0.05) is 11.6 Å². The summed E-state index contributed by atoms with van der Waals surface area (Å²) in [5.41, 5.74) is 0.266. The van der Waals surface area contributed by atoms with E-state index >= 15 is 0 Å². The molecule has 30 heavy (non-hydrogen) atoms. The Morgan fingerprint density at radius 1 is 1.23 bits per heavy atom. The number of hydrogen-bond donors (Lipinski definition) is 1. The van der Waals surface area contributed by atoms with Gasteiger partial charge in [0.05, 0.1) is 24.4 Å². The van der Waals surface area contributed by atoms with Crippen molar-refractivity contribution in [1.29, 1.82) is 0 Å². The van der Waals surface area contributed by atoms with E-state index < -0.39 is 21.8 Å². The van der Waals surface area contributed by atoms with E-state index in [9.17, 15) is 17.6 Å². The van der Waals surface area contributed by atoms with Gasteiger partial charge >= 0.3 is 5.97 Å². The van der Waals surface area contributed by atoms with Crippen LogP contribution < -0.4 is 9.46 Å². The number of halogens is 2. The van der Waals surface area contributed by atoms with Crippen LogP contribution in [0.1, 0.15) is 17.4 Å². The highest BCUT2D eigenvalue weighted by molar-refractivity contribution is 7.92. The number of sulfonamides is 1. The van der Waals surface area contributed by atoms with Gasteiger partial charge in [-0.25, -0.2) is 17.6 Å². The summed E-state index contributed by atoms with van der Waals surface area (Å²) in [6.45, 7) is 1.82. The molecule has 3 aromatic rings. The van der Waals surface area contributed by atoms with E-state index in [4.69, 9.17) is 25.6 Å². The second-order valence-electron chi connectivity index (χ2n) is 5.89. The molecule has 0 aliphatic carbocycles. The molecule has 0 aliphatic heterocycles. The molecular formula is C19H16ClFN2O6S. The first-order valence-corrected chi connectivity index (χ1v) is 10.4. The Labute approximate surface area is 176 Å². The summed E-state index contributed by atoms with van der Waals surface area (Å²) in [6.07, 6.45) is 0. The number of carbonyl (C=O) groups is 1. The van der Waals surface area contributed by atoms with Gasteiger partial charge in [0.2, 0.25) is 0 Å². The zero-order valence-electron chi connectivity index (χ0n) is 15.8. The van der Waals surface area contributed by atoms with Crippen molar-refractivity contribution in [1.82, 2.24) is 5.16 Å². The smallest absolute Gasteiger partial charge is 0.360 e. The van der Waals surface area contributed by atoms with Gasteiger partial charge < -0.3 is 14.0 Å². The first-order valence-electron chi connectivity index (χ1n) is 8.55. The Bertz CT molecular complexity index is 1200. The highest BCUT2D eigenvalue weighted by Gasteiger charge is 2.23. The number of hydrogen-bond acceptors (Lipinski definition) is 7. The minimum absolute atomic E-state index is 0.00483. The fraction of sp³-hybridized carbons (Fsp3) is 0.158. The standard InChI is InChI=1S/C19H16ClFN2O6S/c1-3-28-19(24)15-10-17(29-22-15)11-4-7-16(27-2)18(8-11)30(25,26)23-14-6-5-12(21)9-13(14)20/h4-10,23H,3H2,1-2H3. The number of rotatable bonds is 7. The van der Waals surface area contributed by atoms with Crippen molar-refractivity contribution in [2.24, 2.45) is 0 Å². The minimum Gasteiger partial charge on any atom is -0.495 e. The zero-order chi connectivity index (χ0) is 21.9. The van der Waals surface area contributed by atoms with E-state index in [0.29, 0.717) is 5.56 Å². The molecule has 0 saturated heterocycles. The van der Waals surface area contributed by atoms with E-state index in [1.54, 1.807) is 6.92 Å². The zero-order valence-corrected chi connectivity index (χ0v) is 17.4. The molecule has 0 aliphatic rings. The van der Waals surface area contributed by atoms with Crippen molar-refractivity contribution < 1.29 is 31.6 Å². The molecule has 8 nitrogen and oxygen atoms in total. The molecule has 0 unspecified atom stereocenters. The molecule has 1 heterocycles. The maximum atomic E-state index is 13.2. The largest absolute Gasteiger partial charge is 0.495 e. The Morgan fingerprint density at radius 3 is 2.67 bits per heavy atom. The van der Waals surface area contributed by atoms with Gasteiger partial charge in [-0.2, -0.15) is 0 Å². The van der Waals surface area contributed by atoms with E-state index in [-0.39, 0.29) is 39.4 Å². The molecule has 0 spiro atoms. The number of esters is 1. The number of methoxy groups -OCH3 is 1. The lowest BCUT2D eigenvalue weighted by Gasteiger charge is -2.13. The molecule has 158 valence electrons. The molecule has 1 N–H and O–H groups in total. The van der Waals surface area contributed by atoms with E-state index in [0.717, 1.165) is 12.1 Å². The van der Waals surface area contributed by atoms with Crippen molar-refractivity contribution in [3.05, 3.63) is 59.0 Å². The molecule has 0 saturated carbocycles. The van der Waals surface area contributed by atoms with E-state index in [1.807, 2.05) is 0 Å². The van der Waals surface area contributed by atoms with Crippen molar-refractivity contribution in [2.75, 3.05) is 18.4 Å². The van der Waals surface area contributed by atoms with Crippen molar-refractivity contribution >= 4 is 33.3 Å². The molecule has 0 fully saturated rings. The maximum Gasteiger partial charge on any atom is 0.360 e. The van der Waals surface area contributed by atoms with Crippen LogP contribution in [0.2, 0.25) is 5.02 Å². The monoisotopic (exact) mass is 454 g/mol. The fourth-order valence-electron chi connectivity index (χ4n) is 2.52. The second-order valence-corrected chi connectivity index (χ2v) is 7.95. The van der Waals surface area contributed by atoms with Gasteiger partial charge in [0.25, 0.3) is 10.0 Å². The number of anilines is 1. The van der Waals surface area contributed by atoms with Crippen LogP contribution in [0.15, 0.2) is 51.9 Å². The quantitative estimate of drug-likeness (QED) is 0.535. The highest BCUT2D eigenvalue weighted by atomic mass is 35.5. The number of ether oxygens (including phenoxy) is 2.